The van der Waals surface area contributed by atoms with Gasteiger partial charge in [0.2, 0.25) is 0 Å². The molecule has 0 bridgehead atoms. The number of rotatable bonds is 6. The number of aryl methyl sites for hydroxylation is 1. The highest BCUT2D eigenvalue weighted by Crippen LogP contribution is 2.33. The van der Waals surface area contributed by atoms with Gasteiger partial charge in [0.25, 0.3) is 5.91 Å². The molecule has 1 aliphatic heterocycles. The predicted octanol–water partition coefficient (Wildman–Crippen LogP) is 6.32. The van der Waals surface area contributed by atoms with Gasteiger partial charge < -0.3 is 10.2 Å². The molecular weight excluding hydrogens is 484 g/mol. The van der Waals surface area contributed by atoms with E-state index >= 15 is 0 Å². The Labute approximate surface area is 221 Å². The minimum absolute atomic E-state index is 0.114. The Bertz CT molecular complexity index is 1350. The molecule has 3 heterocycles. The van der Waals surface area contributed by atoms with E-state index in [1.54, 1.807) is 22.9 Å². The predicted molar refractivity (Wildman–Crippen MR) is 153 cm³/mol. The molecule has 0 radical (unpaired) electrons. The first-order valence-corrected chi connectivity index (χ1v) is 14.9. The molecule has 2 aliphatic rings. The number of carbonyl (C=O) groups excluding carboxylic acids is 1. The molecule has 4 aromatic rings. The van der Waals surface area contributed by atoms with Crippen LogP contribution in [0.4, 0.5) is 5.82 Å². The smallest absolute Gasteiger partial charge is 0.261 e. The topological polar surface area (TPSA) is 48.5 Å². The summed E-state index contributed by atoms with van der Waals surface area (Å²) < 4.78 is 7.22. The van der Waals surface area contributed by atoms with Crippen LogP contribution in [0.3, 0.4) is 0 Å². The molecule has 2 aromatic carbocycles. The number of fused-ring (bicyclic) bond motifs is 2. The Kier molecular flexibility index (Phi) is 6.96. The first-order valence-electron chi connectivity index (χ1n) is 13.3. The zero-order valence-corrected chi connectivity index (χ0v) is 22.5. The van der Waals surface area contributed by atoms with Crippen molar-refractivity contribution in [1.29, 1.82) is 0 Å². The molecule has 5 nitrogen and oxygen atoms in total. The van der Waals surface area contributed by atoms with Gasteiger partial charge in [-0.15, -0.1) is 11.3 Å². The number of benzene rings is 2. The third-order valence-corrected chi connectivity index (χ3v) is 10.2. The number of nitrogens with zero attached hydrogens (tertiary/aromatic N) is 3. The summed E-state index contributed by atoms with van der Waals surface area (Å²) in [6.45, 7) is 7.61. The third kappa shape index (κ3) is 4.89. The summed E-state index contributed by atoms with van der Waals surface area (Å²) in [5.74, 6) is 2.06. The number of amides is 1. The van der Waals surface area contributed by atoms with Gasteiger partial charge in [-0.1, -0.05) is 30.3 Å². The molecule has 0 atom stereocenters. The van der Waals surface area contributed by atoms with Crippen molar-refractivity contribution in [2.75, 3.05) is 37.6 Å². The van der Waals surface area contributed by atoms with E-state index < -0.39 is 0 Å². The average Bonchev–Trinajstić information content (AvgIpc) is 3.50. The van der Waals surface area contributed by atoms with Crippen LogP contribution in [0.25, 0.3) is 20.2 Å². The number of anilines is 1. The number of hydrogen-bond acceptors (Lipinski definition) is 6. The zero-order chi connectivity index (χ0) is 24.5. The maximum absolute atomic E-state index is 13.0. The van der Waals surface area contributed by atoms with E-state index in [1.165, 1.54) is 51.8 Å². The molecule has 188 valence electrons. The number of aromatic nitrogens is 1. The van der Waals surface area contributed by atoms with Gasteiger partial charge in [0.05, 0.1) is 9.58 Å². The van der Waals surface area contributed by atoms with Crippen LogP contribution in [0.5, 0.6) is 0 Å². The van der Waals surface area contributed by atoms with Gasteiger partial charge in [0.1, 0.15) is 5.82 Å². The maximum atomic E-state index is 13.0. The molecule has 1 amide bonds. The monoisotopic (exact) mass is 518 g/mol. The fourth-order valence-electron chi connectivity index (χ4n) is 5.89. The van der Waals surface area contributed by atoms with Crippen LogP contribution in [-0.2, 0) is 0 Å². The minimum atomic E-state index is 0.114. The lowest BCUT2D eigenvalue weighted by atomic mass is 9.84. The molecule has 6 rings (SSSR count). The summed E-state index contributed by atoms with van der Waals surface area (Å²) in [6.07, 6.45) is 5.92. The van der Waals surface area contributed by atoms with Crippen LogP contribution in [0.1, 0.15) is 47.3 Å². The summed E-state index contributed by atoms with van der Waals surface area (Å²) in [5.41, 5.74) is 1.12. The fourth-order valence-corrected chi connectivity index (χ4v) is 7.79. The molecule has 1 saturated heterocycles. The molecule has 0 spiro atoms. The Morgan fingerprint density at radius 3 is 2.39 bits per heavy atom. The Hall–Kier alpha value is -2.48. The SMILES string of the molecule is Cc1c(C(=O)NC2CCC(CCN3CCN(c4nsc5ccccc45)CC3)CC2)sc2ccccc12. The second kappa shape index (κ2) is 10.5. The molecule has 36 heavy (non-hydrogen) atoms. The number of nitrogens with one attached hydrogen (secondary N) is 1. The van der Waals surface area contributed by atoms with E-state index in [2.05, 4.69) is 58.4 Å². The highest BCUT2D eigenvalue weighted by atomic mass is 32.1. The van der Waals surface area contributed by atoms with E-state index in [9.17, 15) is 4.79 Å². The van der Waals surface area contributed by atoms with Crippen molar-refractivity contribution in [3.8, 4) is 0 Å². The van der Waals surface area contributed by atoms with Crippen LogP contribution >= 0.6 is 22.9 Å². The summed E-state index contributed by atoms with van der Waals surface area (Å²) in [6, 6.07) is 17.2. The standard InChI is InChI=1S/C29H34N4OS2/c1-20-23-6-2-4-8-25(23)35-27(20)29(34)30-22-12-10-21(11-13-22)14-15-32-16-18-33(19-17-32)28-24-7-3-5-9-26(24)36-31-28/h2-9,21-22H,10-19H2,1H3,(H,30,34). The van der Waals surface area contributed by atoms with E-state index in [0.29, 0.717) is 6.04 Å². The molecule has 1 saturated carbocycles. The lowest BCUT2D eigenvalue weighted by molar-refractivity contribution is 0.0923. The van der Waals surface area contributed by atoms with Crippen molar-refractivity contribution < 1.29 is 4.79 Å². The van der Waals surface area contributed by atoms with Crippen LogP contribution in [-0.4, -0.2) is 53.9 Å². The van der Waals surface area contributed by atoms with Gasteiger partial charge in [0, 0.05) is 42.3 Å². The van der Waals surface area contributed by atoms with Crippen molar-refractivity contribution in [3.63, 3.8) is 0 Å². The van der Waals surface area contributed by atoms with Crippen molar-refractivity contribution in [1.82, 2.24) is 14.6 Å². The van der Waals surface area contributed by atoms with Crippen molar-refractivity contribution in [3.05, 3.63) is 59.0 Å². The van der Waals surface area contributed by atoms with Crippen molar-refractivity contribution in [2.24, 2.45) is 5.92 Å². The quantitative estimate of drug-likeness (QED) is 0.324. The summed E-state index contributed by atoms with van der Waals surface area (Å²) in [7, 11) is 0. The zero-order valence-electron chi connectivity index (χ0n) is 20.9. The molecule has 2 fully saturated rings. The highest BCUT2D eigenvalue weighted by Gasteiger charge is 2.26. The lowest BCUT2D eigenvalue weighted by Crippen LogP contribution is -2.47. The van der Waals surface area contributed by atoms with Crippen molar-refractivity contribution >= 4 is 54.8 Å². The summed E-state index contributed by atoms with van der Waals surface area (Å²) in [5, 5.41) is 5.84. The maximum Gasteiger partial charge on any atom is 0.261 e. The van der Waals surface area contributed by atoms with Gasteiger partial charge in [-0.2, -0.15) is 4.37 Å². The largest absolute Gasteiger partial charge is 0.353 e. The lowest BCUT2D eigenvalue weighted by Gasteiger charge is -2.36. The van der Waals surface area contributed by atoms with Gasteiger partial charge in [0.15, 0.2) is 0 Å². The Balaban J connectivity index is 0.942. The third-order valence-electron chi connectivity index (χ3n) is 8.12. The number of piperazine rings is 1. The second-order valence-electron chi connectivity index (χ2n) is 10.4. The average molecular weight is 519 g/mol. The van der Waals surface area contributed by atoms with Gasteiger partial charge >= 0.3 is 0 Å². The summed E-state index contributed by atoms with van der Waals surface area (Å²) in [4.78, 5) is 19.0. The second-order valence-corrected chi connectivity index (χ2v) is 12.2. The number of hydrogen-bond donors (Lipinski definition) is 1. The Morgan fingerprint density at radius 1 is 0.944 bits per heavy atom. The van der Waals surface area contributed by atoms with Crippen LogP contribution in [0.15, 0.2) is 48.5 Å². The highest BCUT2D eigenvalue weighted by molar-refractivity contribution is 7.21. The Morgan fingerprint density at radius 2 is 1.64 bits per heavy atom. The van der Waals surface area contributed by atoms with Crippen LogP contribution < -0.4 is 10.2 Å². The van der Waals surface area contributed by atoms with Crippen LogP contribution in [0.2, 0.25) is 0 Å². The molecule has 7 heteroatoms. The van der Waals surface area contributed by atoms with Crippen LogP contribution in [0, 0.1) is 12.8 Å². The normalized spacial score (nSPS) is 21.3. The first kappa shape index (κ1) is 23.9. The fraction of sp³-hybridized carbons (Fsp3) is 0.448. The molecule has 1 aliphatic carbocycles. The number of thiophene rings is 1. The number of carbonyl (C=O) groups is 1. The molecule has 0 unspecified atom stereocenters. The van der Waals surface area contributed by atoms with E-state index in [1.807, 2.05) is 12.1 Å². The van der Waals surface area contributed by atoms with Gasteiger partial charge in [-0.25, -0.2) is 0 Å². The van der Waals surface area contributed by atoms with Gasteiger partial charge in [-0.05, 0) is 92.2 Å². The summed E-state index contributed by atoms with van der Waals surface area (Å²) >= 11 is 3.23. The molecular formula is C29H34N4OS2. The molecule has 1 N–H and O–H groups in total. The van der Waals surface area contributed by atoms with E-state index in [0.717, 1.165) is 55.4 Å². The van der Waals surface area contributed by atoms with Crippen molar-refractivity contribution in [2.45, 2.75) is 45.1 Å². The molecule has 2 aromatic heterocycles. The minimum Gasteiger partial charge on any atom is -0.353 e. The van der Waals surface area contributed by atoms with E-state index in [4.69, 9.17) is 4.37 Å². The van der Waals surface area contributed by atoms with Gasteiger partial charge in [-0.3, -0.25) is 9.69 Å². The van der Waals surface area contributed by atoms with E-state index in [-0.39, 0.29) is 5.91 Å². The first-order chi connectivity index (χ1) is 17.7.